The summed E-state index contributed by atoms with van der Waals surface area (Å²) in [6.45, 7) is 4.72. The lowest BCUT2D eigenvalue weighted by molar-refractivity contribution is 0.706. The van der Waals surface area contributed by atoms with E-state index < -0.39 is 11.2 Å². The summed E-state index contributed by atoms with van der Waals surface area (Å²) in [5.74, 6) is 0.170. The van der Waals surface area contributed by atoms with Gasteiger partial charge >= 0.3 is 5.69 Å². The second-order valence-electron chi connectivity index (χ2n) is 4.20. The Balaban J connectivity index is 2.33. The number of rotatable bonds is 4. The van der Waals surface area contributed by atoms with Crippen LogP contribution in [0.2, 0.25) is 0 Å². The molecule has 2 heterocycles. The summed E-state index contributed by atoms with van der Waals surface area (Å²) >= 11 is 1.61. The van der Waals surface area contributed by atoms with Crippen molar-refractivity contribution in [3.05, 3.63) is 42.7 Å². The molecule has 0 aromatic carbocycles. The van der Waals surface area contributed by atoms with Crippen LogP contribution in [0.15, 0.2) is 20.3 Å². The minimum Gasteiger partial charge on any atom is -0.383 e. The first-order chi connectivity index (χ1) is 9.04. The zero-order valence-corrected chi connectivity index (χ0v) is 11.6. The van der Waals surface area contributed by atoms with Crippen molar-refractivity contribution < 1.29 is 0 Å². The molecular formula is C12H16N4O2S. The molecular weight excluding hydrogens is 264 g/mol. The number of nitrogens with zero attached hydrogens (tertiary/aromatic N) is 1. The van der Waals surface area contributed by atoms with E-state index in [1.165, 1.54) is 4.57 Å². The molecule has 4 N–H and O–H groups in total. The number of hydrogen-bond donors (Lipinski definition) is 3. The van der Waals surface area contributed by atoms with Gasteiger partial charge < -0.3 is 11.1 Å². The van der Waals surface area contributed by atoms with Crippen molar-refractivity contribution in [3.8, 4) is 0 Å². The zero-order chi connectivity index (χ0) is 14.0. The van der Waals surface area contributed by atoms with Crippen molar-refractivity contribution in [1.82, 2.24) is 9.55 Å². The maximum atomic E-state index is 11.8. The number of nitrogens with two attached hydrogens (primary N) is 1. The molecule has 2 aromatic rings. The normalized spacial score (nSPS) is 10.6. The van der Waals surface area contributed by atoms with Gasteiger partial charge in [0.05, 0.1) is 0 Å². The molecule has 0 unspecified atom stereocenters. The Morgan fingerprint density at radius 3 is 2.74 bits per heavy atom. The van der Waals surface area contributed by atoms with Gasteiger partial charge in [0.25, 0.3) is 5.56 Å². The second-order valence-corrected chi connectivity index (χ2v) is 4.94. The maximum Gasteiger partial charge on any atom is 0.330 e. The first-order valence-corrected chi connectivity index (χ1v) is 6.87. The van der Waals surface area contributed by atoms with Gasteiger partial charge in [0.15, 0.2) is 0 Å². The second kappa shape index (κ2) is 5.31. The summed E-state index contributed by atoms with van der Waals surface area (Å²) in [5.41, 5.74) is 7.40. The molecule has 0 aliphatic rings. The Kier molecular flexibility index (Phi) is 3.75. The summed E-state index contributed by atoms with van der Waals surface area (Å²) in [4.78, 5) is 25.6. The first kappa shape index (κ1) is 13.4. The van der Waals surface area contributed by atoms with Gasteiger partial charge in [0, 0.05) is 13.1 Å². The summed E-state index contributed by atoms with van der Waals surface area (Å²) in [6, 6.07) is 0. The highest BCUT2D eigenvalue weighted by Gasteiger charge is 2.11. The molecule has 0 saturated carbocycles. The molecule has 102 valence electrons. The van der Waals surface area contributed by atoms with Gasteiger partial charge in [-0.05, 0) is 35.7 Å². The van der Waals surface area contributed by atoms with Crippen molar-refractivity contribution in [2.24, 2.45) is 0 Å². The average Bonchev–Trinajstić information content (AvgIpc) is 2.75. The molecule has 6 nitrogen and oxygen atoms in total. The minimum absolute atomic E-state index is 0.170. The van der Waals surface area contributed by atoms with Gasteiger partial charge in [-0.3, -0.25) is 14.3 Å². The van der Waals surface area contributed by atoms with Crippen LogP contribution in [-0.4, -0.2) is 9.55 Å². The summed E-state index contributed by atoms with van der Waals surface area (Å²) in [7, 11) is 0. The molecule has 7 heteroatoms. The third-order valence-corrected chi connectivity index (χ3v) is 3.88. The van der Waals surface area contributed by atoms with Crippen LogP contribution < -0.4 is 22.3 Å². The van der Waals surface area contributed by atoms with Crippen LogP contribution in [0.3, 0.4) is 0 Å². The summed E-state index contributed by atoms with van der Waals surface area (Å²) in [5, 5.41) is 7.06. The molecule has 0 aliphatic heterocycles. The Bertz CT molecular complexity index is 698. The molecule has 0 saturated heterocycles. The molecule has 19 heavy (non-hydrogen) atoms. The molecule has 2 aromatic heterocycles. The zero-order valence-electron chi connectivity index (χ0n) is 10.8. The van der Waals surface area contributed by atoms with E-state index in [-0.39, 0.29) is 11.5 Å². The summed E-state index contributed by atoms with van der Waals surface area (Å²) < 4.78 is 1.32. The molecule has 0 atom stereocenters. The SMILES string of the molecule is CCn1c(N)c(NCc2cscc2C)c(=O)[nH]c1=O. The smallest absolute Gasteiger partial charge is 0.330 e. The van der Waals surface area contributed by atoms with Crippen LogP contribution in [0.5, 0.6) is 0 Å². The average molecular weight is 280 g/mol. The highest BCUT2D eigenvalue weighted by Crippen LogP contribution is 2.16. The van der Waals surface area contributed by atoms with Crippen molar-refractivity contribution in [3.63, 3.8) is 0 Å². The van der Waals surface area contributed by atoms with Gasteiger partial charge in [0.2, 0.25) is 0 Å². The molecule has 0 amide bonds. The van der Waals surface area contributed by atoms with Crippen LogP contribution in [0, 0.1) is 6.92 Å². The number of aryl methyl sites for hydroxylation is 1. The van der Waals surface area contributed by atoms with Crippen molar-refractivity contribution in [2.45, 2.75) is 26.9 Å². The Morgan fingerprint density at radius 1 is 1.42 bits per heavy atom. The van der Waals surface area contributed by atoms with E-state index >= 15 is 0 Å². The van der Waals surface area contributed by atoms with Crippen molar-refractivity contribution in [1.29, 1.82) is 0 Å². The highest BCUT2D eigenvalue weighted by atomic mass is 32.1. The number of hydrogen-bond acceptors (Lipinski definition) is 5. The van der Waals surface area contributed by atoms with Gasteiger partial charge in [-0.25, -0.2) is 4.79 Å². The maximum absolute atomic E-state index is 11.8. The fraction of sp³-hybridized carbons (Fsp3) is 0.333. The van der Waals surface area contributed by atoms with Gasteiger partial charge in [-0.2, -0.15) is 11.3 Å². The Hall–Kier alpha value is -2.02. The van der Waals surface area contributed by atoms with Crippen LogP contribution >= 0.6 is 11.3 Å². The van der Waals surface area contributed by atoms with E-state index in [2.05, 4.69) is 10.3 Å². The van der Waals surface area contributed by atoms with Crippen LogP contribution in [-0.2, 0) is 13.1 Å². The van der Waals surface area contributed by atoms with Gasteiger partial charge in [0.1, 0.15) is 11.5 Å². The number of nitrogen functional groups attached to an aromatic ring is 1. The standard InChI is InChI=1S/C12H16N4O2S/c1-3-16-10(13)9(11(17)15-12(16)18)14-4-8-6-19-5-7(8)2/h5-6,14H,3-4,13H2,1-2H3,(H,15,17,18). The fourth-order valence-corrected chi connectivity index (χ4v) is 2.68. The lowest BCUT2D eigenvalue weighted by Gasteiger charge is -2.12. The van der Waals surface area contributed by atoms with E-state index in [1.807, 2.05) is 17.7 Å². The van der Waals surface area contributed by atoms with Crippen molar-refractivity contribution in [2.75, 3.05) is 11.1 Å². The third kappa shape index (κ3) is 2.55. The minimum atomic E-state index is -0.486. The van der Waals surface area contributed by atoms with E-state index in [1.54, 1.807) is 18.3 Å². The molecule has 0 spiro atoms. The topological polar surface area (TPSA) is 92.9 Å². The van der Waals surface area contributed by atoms with Gasteiger partial charge in [-0.1, -0.05) is 0 Å². The van der Waals surface area contributed by atoms with E-state index in [0.717, 1.165) is 11.1 Å². The Labute approximate surface area is 113 Å². The Morgan fingerprint density at radius 2 is 2.16 bits per heavy atom. The van der Waals surface area contributed by atoms with Crippen LogP contribution in [0.25, 0.3) is 0 Å². The number of anilines is 2. The largest absolute Gasteiger partial charge is 0.383 e. The quantitative estimate of drug-likeness (QED) is 0.782. The molecule has 0 fully saturated rings. The number of thiophene rings is 1. The van der Waals surface area contributed by atoms with Crippen LogP contribution in [0.1, 0.15) is 18.1 Å². The molecule has 0 aliphatic carbocycles. The van der Waals surface area contributed by atoms with E-state index in [9.17, 15) is 9.59 Å². The predicted octanol–water partition coefficient (Wildman–Crippen LogP) is 1.12. The van der Waals surface area contributed by atoms with Crippen LogP contribution in [0.4, 0.5) is 11.5 Å². The monoisotopic (exact) mass is 280 g/mol. The number of aromatic nitrogens is 2. The number of aromatic amines is 1. The first-order valence-electron chi connectivity index (χ1n) is 5.92. The predicted molar refractivity (Wildman–Crippen MR) is 77.8 cm³/mol. The third-order valence-electron chi connectivity index (χ3n) is 2.97. The lowest BCUT2D eigenvalue weighted by atomic mass is 10.2. The number of H-pyrrole nitrogens is 1. The van der Waals surface area contributed by atoms with E-state index in [4.69, 9.17) is 5.73 Å². The molecule has 0 radical (unpaired) electrons. The number of nitrogens with one attached hydrogen (secondary N) is 2. The highest BCUT2D eigenvalue weighted by molar-refractivity contribution is 7.08. The van der Waals surface area contributed by atoms with Gasteiger partial charge in [-0.15, -0.1) is 0 Å². The summed E-state index contributed by atoms with van der Waals surface area (Å²) in [6.07, 6.45) is 0. The fourth-order valence-electron chi connectivity index (χ4n) is 1.82. The van der Waals surface area contributed by atoms with E-state index in [0.29, 0.717) is 13.1 Å². The molecule has 2 rings (SSSR count). The lowest BCUT2D eigenvalue weighted by Crippen LogP contribution is -2.33. The van der Waals surface area contributed by atoms with Crippen molar-refractivity contribution >= 4 is 22.8 Å². The molecule has 0 bridgehead atoms.